The van der Waals surface area contributed by atoms with Crippen LogP contribution < -0.4 is 0 Å². The van der Waals surface area contributed by atoms with E-state index >= 15 is 0 Å². The molecule has 2 rings (SSSR count). The number of nitrogens with zero attached hydrogens (tertiary/aromatic N) is 1. The summed E-state index contributed by atoms with van der Waals surface area (Å²) in [6, 6.07) is 5.52. The van der Waals surface area contributed by atoms with E-state index in [1.807, 2.05) is 12.1 Å². The lowest BCUT2D eigenvalue weighted by atomic mass is 9.74. The second-order valence-electron chi connectivity index (χ2n) is 5.77. The van der Waals surface area contributed by atoms with Crippen LogP contribution in [0.1, 0.15) is 45.1 Å². The molecule has 1 aromatic carbocycles. The van der Waals surface area contributed by atoms with Crippen LogP contribution in [0.3, 0.4) is 0 Å². The molecule has 0 saturated carbocycles. The van der Waals surface area contributed by atoms with Gasteiger partial charge in [0.05, 0.1) is 5.02 Å². The van der Waals surface area contributed by atoms with Crippen molar-refractivity contribution in [2.24, 2.45) is 5.41 Å². The average molecular weight is 282 g/mol. The number of benzene rings is 1. The van der Waals surface area contributed by atoms with Gasteiger partial charge in [-0.2, -0.15) is 0 Å². The monoisotopic (exact) mass is 281 g/mol. The molecule has 0 radical (unpaired) electrons. The Hall–Kier alpha value is -0.730. The van der Waals surface area contributed by atoms with Crippen molar-refractivity contribution in [2.75, 3.05) is 13.1 Å². The first kappa shape index (κ1) is 14.7. The van der Waals surface area contributed by atoms with Crippen molar-refractivity contribution >= 4 is 11.6 Å². The van der Waals surface area contributed by atoms with Gasteiger partial charge in [-0.3, -0.25) is 4.90 Å². The van der Waals surface area contributed by atoms with Crippen LogP contribution in [0.5, 0.6) is 5.75 Å². The molecule has 106 valence electrons. The molecule has 0 aromatic heterocycles. The van der Waals surface area contributed by atoms with Crippen molar-refractivity contribution in [2.45, 2.75) is 46.1 Å². The van der Waals surface area contributed by atoms with Crippen LogP contribution in [0, 0.1) is 5.41 Å². The largest absolute Gasteiger partial charge is 0.506 e. The van der Waals surface area contributed by atoms with Crippen LogP contribution in [-0.2, 0) is 6.54 Å². The van der Waals surface area contributed by atoms with E-state index in [4.69, 9.17) is 11.6 Å². The highest BCUT2D eigenvalue weighted by Crippen LogP contribution is 2.38. The lowest BCUT2D eigenvalue weighted by Crippen LogP contribution is -2.39. The standard InChI is InChI=1S/C16H24ClNO/c1-3-16(4-2)7-9-18(10-8-16)12-13-5-6-15(19)14(17)11-13/h5-6,11,19H,3-4,7-10,12H2,1-2H3. The number of hydrogen-bond donors (Lipinski definition) is 1. The lowest BCUT2D eigenvalue weighted by molar-refractivity contribution is 0.0909. The number of hydrogen-bond acceptors (Lipinski definition) is 2. The minimum Gasteiger partial charge on any atom is -0.506 e. The van der Waals surface area contributed by atoms with Crippen molar-refractivity contribution in [1.29, 1.82) is 0 Å². The highest BCUT2D eigenvalue weighted by Gasteiger charge is 2.30. The SMILES string of the molecule is CCC1(CC)CCN(Cc2ccc(O)c(Cl)c2)CC1. The number of rotatable bonds is 4. The van der Waals surface area contributed by atoms with Crippen molar-refractivity contribution < 1.29 is 5.11 Å². The number of phenols is 1. The first-order chi connectivity index (χ1) is 9.08. The van der Waals surface area contributed by atoms with Gasteiger partial charge in [-0.25, -0.2) is 0 Å². The second-order valence-corrected chi connectivity index (χ2v) is 6.18. The summed E-state index contributed by atoms with van der Waals surface area (Å²) in [4.78, 5) is 2.49. The van der Waals surface area contributed by atoms with Crippen LogP contribution in [0.4, 0.5) is 0 Å². The van der Waals surface area contributed by atoms with Crippen molar-refractivity contribution in [3.63, 3.8) is 0 Å². The molecule has 1 aliphatic heterocycles. The van der Waals surface area contributed by atoms with Crippen LogP contribution >= 0.6 is 11.6 Å². The molecule has 0 atom stereocenters. The summed E-state index contributed by atoms with van der Waals surface area (Å²) in [5.41, 5.74) is 1.76. The van der Waals surface area contributed by atoms with E-state index in [0.717, 1.165) is 6.54 Å². The molecule has 0 bridgehead atoms. The van der Waals surface area contributed by atoms with Gasteiger partial charge in [-0.1, -0.05) is 44.4 Å². The summed E-state index contributed by atoms with van der Waals surface area (Å²) < 4.78 is 0. The van der Waals surface area contributed by atoms with Crippen molar-refractivity contribution in [1.82, 2.24) is 4.90 Å². The normalized spacial score (nSPS) is 19.5. The Morgan fingerprint density at radius 3 is 2.37 bits per heavy atom. The van der Waals surface area contributed by atoms with Crippen LogP contribution in [0.15, 0.2) is 18.2 Å². The summed E-state index contributed by atoms with van der Waals surface area (Å²) in [6.45, 7) is 7.90. The van der Waals surface area contributed by atoms with Gasteiger partial charge in [-0.15, -0.1) is 0 Å². The summed E-state index contributed by atoms with van der Waals surface area (Å²) in [5.74, 6) is 0.167. The van der Waals surface area contributed by atoms with Gasteiger partial charge in [-0.05, 0) is 49.0 Å². The smallest absolute Gasteiger partial charge is 0.134 e. The molecule has 0 unspecified atom stereocenters. The molecule has 0 amide bonds. The maximum Gasteiger partial charge on any atom is 0.134 e. The molecule has 1 N–H and O–H groups in total. The third kappa shape index (κ3) is 3.43. The van der Waals surface area contributed by atoms with Crippen LogP contribution in [0.2, 0.25) is 5.02 Å². The highest BCUT2D eigenvalue weighted by atomic mass is 35.5. The van der Waals surface area contributed by atoms with Crippen LogP contribution in [-0.4, -0.2) is 23.1 Å². The Balaban J connectivity index is 1.93. The summed E-state index contributed by atoms with van der Waals surface area (Å²) >= 11 is 5.95. The summed E-state index contributed by atoms with van der Waals surface area (Å²) in [5, 5.41) is 9.89. The fourth-order valence-electron chi connectivity index (χ4n) is 3.05. The molecule has 1 saturated heterocycles. The Morgan fingerprint density at radius 1 is 1.21 bits per heavy atom. The Kier molecular flexibility index (Phi) is 4.75. The predicted octanol–water partition coefficient (Wildman–Crippen LogP) is 4.45. The molecule has 1 heterocycles. The zero-order valence-electron chi connectivity index (χ0n) is 12.0. The molecule has 1 fully saturated rings. The zero-order chi connectivity index (χ0) is 13.9. The number of likely N-dealkylation sites (tertiary alicyclic amines) is 1. The Bertz CT molecular complexity index is 419. The Morgan fingerprint density at radius 2 is 1.84 bits per heavy atom. The second kappa shape index (κ2) is 6.15. The first-order valence-corrected chi connectivity index (χ1v) is 7.66. The Labute approximate surface area is 121 Å². The lowest BCUT2D eigenvalue weighted by Gasteiger charge is -2.41. The van der Waals surface area contributed by atoms with Gasteiger partial charge in [0, 0.05) is 6.54 Å². The van der Waals surface area contributed by atoms with E-state index in [1.54, 1.807) is 6.07 Å². The number of halogens is 1. The minimum atomic E-state index is 0.167. The molecule has 1 aromatic rings. The zero-order valence-corrected chi connectivity index (χ0v) is 12.7. The highest BCUT2D eigenvalue weighted by molar-refractivity contribution is 6.32. The van der Waals surface area contributed by atoms with Crippen molar-refractivity contribution in [3.05, 3.63) is 28.8 Å². The molecule has 0 aliphatic carbocycles. The average Bonchev–Trinajstić information content (AvgIpc) is 2.44. The van der Waals surface area contributed by atoms with Gasteiger partial charge in [0.2, 0.25) is 0 Å². The number of piperidine rings is 1. The van der Waals surface area contributed by atoms with Crippen molar-refractivity contribution in [3.8, 4) is 5.75 Å². The number of phenolic OH excluding ortho intramolecular Hbond substituents is 1. The van der Waals surface area contributed by atoms with E-state index in [-0.39, 0.29) is 5.75 Å². The molecular formula is C16H24ClNO. The maximum atomic E-state index is 9.44. The van der Waals surface area contributed by atoms with Gasteiger partial charge in [0.15, 0.2) is 0 Å². The maximum absolute atomic E-state index is 9.44. The van der Waals surface area contributed by atoms with Gasteiger partial charge < -0.3 is 5.11 Å². The third-order valence-corrected chi connectivity index (χ3v) is 5.14. The molecule has 0 spiro atoms. The van der Waals surface area contributed by atoms with Gasteiger partial charge in [0.25, 0.3) is 0 Å². The molecule has 1 aliphatic rings. The van der Waals surface area contributed by atoms with E-state index in [1.165, 1.54) is 44.3 Å². The quantitative estimate of drug-likeness (QED) is 0.881. The van der Waals surface area contributed by atoms with Gasteiger partial charge in [0.1, 0.15) is 5.75 Å². The van der Waals surface area contributed by atoms with E-state index in [0.29, 0.717) is 10.4 Å². The van der Waals surface area contributed by atoms with Gasteiger partial charge >= 0.3 is 0 Å². The van der Waals surface area contributed by atoms with Crippen LogP contribution in [0.25, 0.3) is 0 Å². The first-order valence-electron chi connectivity index (χ1n) is 7.28. The topological polar surface area (TPSA) is 23.5 Å². The molecular weight excluding hydrogens is 258 g/mol. The third-order valence-electron chi connectivity index (χ3n) is 4.83. The molecule has 2 nitrogen and oxygen atoms in total. The fraction of sp³-hybridized carbons (Fsp3) is 0.625. The molecule has 19 heavy (non-hydrogen) atoms. The summed E-state index contributed by atoms with van der Waals surface area (Å²) in [7, 11) is 0. The van der Waals surface area contributed by atoms with E-state index < -0.39 is 0 Å². The van der Waals surface area contributed by atoms with E-state index in [2.05, 4.69) is 18.7 Å². The fourth-order valence-corrected chi connectivity index (χ4v) is 3.25. The minimum absolute atomic E-state index is 0.167. The predicted molar refractivity (Wildman–Crippen MR) is 80.6 cm³/mol. The van der Waals surface area contributed by atoms with E-state index in [9.17, 15) is 5.11 Å². The number of aromatic hydroxyl groups is 1. The summed E-state index contributed by atoms with van der Waals surface area (Å²) in [6.07, 6.45) is 5.18. The molecule has 3 heteroatoms.